The van der Waals surface area contributed by atoms with Crippen LogP contribution in [0, 0.1) is 20.8 Å². The Labute approximate surface area is 134 Å². The zero-order chi connectivity index (χ0) is 15.7. The highest BCUT2D eigenvalue weighted by Crippen LogP contribution is 2.22. The molecule has 0 aliphatic carbocycles. The summed E-state index contributed by atoms with van der Waals surface area (Å²) in [6.45, 7) is 7.22. The largest absolute Gasteiger partial charge is 0.358 e. The average Bonchev–Trinajstić information content (AvgIpc) is 3.07. The number of carbonyl (C=O) groups is 1. The molecule has 1 aromatic carbocycles. The van der Waals surface area contributed by atoms with E-state index in [0.717, 1.165) is 11.6 Å². The molecular weight excluding hydrogens is 294 g/mol. The van der Waals surface area contributed by atoms with Gasteiger partial charge in [-0.25, -0.2) is 5.32 Å². The Balaban J connectivity index is 1.83. The van der Waals surface area contributed by atoms with Crippen molar-refractivity contribution in [1.29, 1.82) is 0 Å². The summed E-state index contributed by atoms with van der Waals surface area (Å²) in [6, 6.07) is 8.36. The zero-order valence-corrected chi connectivity index (χ0v) is 13.9. The molecule has 22 heavy (non-hydrogen) atoms. The molecule has 1 amide bonds. The van der Waals surface area contributed by atoms with Crippen molar-refractivity contribution < 1.29 is 9.79 Å². The highest BCUT2D eigenvalue weighted by Gasteiger charge is 2.33. The van der Waals surface area contributed by atoms with E-state index in [-0.39, 0.29) is 5.91 Å². The van der Waals surface area contributed by atoms with Crippen molar-refractivity contribution in [2.45, 2.75) is 27.3 Å². The Bertz CT molecular complexity index is 711. The smallest absolute Gasteiger partial charge is 0.266 e. The molecule has 2 heterocycles. The van der Waals surface area contributed by atoms with E-state index in [0.29, 0.717) is 13.1 Å². The molecule has 2 N–H and O–H groups in total. The van der Waals surface area contributed by atoms with E-state index in [9.17, 15) is 4.79 Å². The summed E-state index contributed by atoms with van der Waals surface area (Å²) >= 11 is 1.67. The Hall–Kier alpha value is -2.14. The number of hydrogen-bond donors (Lipinski definition) is 2. The number of aryl methyl sites for hydroxylation is 3. The van der Waals surface area contributed by atoms with Crippen LogP contribution in [0.1, 0.15) is 21.6 Å². The van der Waals surface area contributed by atoms with Gasteiger partial charge in [-0.15, -0.1) is 11.3 Å². The normalized spacial score (nSPS) is 14.4. The summed E-state index contributed by atoms with van der Waals surface area (Å²) in [7, 11) is 0. The molecule has 0 saturated heterocycles. The van der Waals surface area contributed by atoms with Gasteiger partial charge in [0.05, 0.1) is 0 Å². The quantitative estimate of drug-likeness (QED) is 0.903. The first-order chi connectivity index (χ1) is 10.5. The summed E-state index contributed by atoms with van der Waals surface area (Å²) in [4.78, 5) is 18.3. The van der Waals surface area contributed by atoms with E-state index >= 15 is 0 Å². The van der Waals surface area contributed by atoms with Crippen LogP contribution in [0.15, 0.2) is 29.6 Å². The molecule has 0 bridgehead atoms. The van der Waals surface area contributed by atoms with Crippen LogP contribution in [-0.4, -0.2) is 23.3 Å². The molecule has 5 heteroatoms. The first-order valence-corrected chi connectivity index (χ1v) is 8.21. The van der Waals surface area contributed by atoms with E-state index in [4.69, 9.17) is 0 Å². The molecule has 0 radical (unpaired) electrons. The molecule has 1 aliphatic rings. The van der Waals surface area contributed by atoms with Crippen molar-refractivity contribution in [2.24, 2.45) is 0 Å². The van der Waals surface area contributed by atoms with Crippen LogP contribution in [0.25, 0.3) is 0 Å². The van der Waals surface area contributed by atoms with Gasteiger partial charge in [0.25, 0.3) is 0 Å². The van der Waals surface area contributed by atoms with Crippen molar-refractivity contribution >= 4 is 28.9 Å². The maximum absolute atomic E-state index is 12.1. The van der Waals surface area contributed by atoms with Gasteiger partial charge >= 0.3 is 11.9 Å². The van der Waals surface area contributed by atoms with Crippen molar-refractivity contribution in [2.75, 3.05) is 11.9 Å². The lowest BCUT2D eigenvalue weighted by Gasteiger charge is -2.14. The van der Waals surface area contributed by atoms with Gasteiger partial charge in [-0.2, -0.15) is 4.90 Å². The maximum atomic E-state index is 12.1. The minimum atomic E-state index is 0.0957. The molecule has 0 saturated carbocycles. The summed E-state index contributed by atoms with van der Waals surface area (Å²) < 4.78 is 0. The number of carbonyl (C=O) groups excluding carboxylic acids is 1. The van der Waals surface area contributed by atoms with Gasteiger partial charge in [0.1, 0.15) is 12.2 Å². The van der Waals surface area contributed by atoms with Gasteiger partial charge in [-0.3, -0.25) is 9.79 Å². The second-order valence-corrected chi connectivity index (χ2v) is 6.69. The summed E-state index contributed by atoms with van der Waals surface area (Å²) in [5.41, 5.74) is 4.68. The summed E-state index contributed by atoms with van der Waals surface area (Å²) in [5.74, 6) is 0.867. The highest BCUT2D eigenvalue weighted by molar-refractivity contribution is 7.09. The lowest BCUT2D eigenvalue weighted by atomic mass is 10.1. The van der Waals surface area contributed by atoms with Crippen molar-refractivity contribution in [3.8, 4) is 0 Å². The maximum Gasteiger partial charge on any atom is 0.358 e. The molecular formula is C17H20N3OS+. The number of guanidine groups is 1. The molecule has 3 rings (SSSR count). The van der Waals surface area contributed by atoms with E-state index in [1.54, 1.807) is 16.2 Å². The molecule has 1 aromatic heterocycles. The topological polar surface area (TPSA) is 46.3 Å². The van der Waals surface area contributed by atoms with Gasteiger partial charge in [0.15, 0.2) is 6.54 Å². The molecule has 2 aromatic rings. The molecule has 4 nitrogen and oxygen atoms in total. The Morgan fingerprint density at radius 2 is 2.00 bits per heavy atom. The molecule has 114 valence electrons. The molecule has 0 atom stereocenters. The number of nitrogens with one attached hydrogen (secondary N) is 2. The highest BCUT2D eigenvalue weighted by atomic mass is 32.1. The predicted octanol–water partition coefficient (Wildman–Crippen LogP) is 1.56. The van der Waals surface area contributed by atoms with Crippen LogP contribution in [0.3, 0.4) is 0 Å². The van der Waals surface area contributed by atoms with Crippen LogP contribution in [0.2, 0.25) is 0 Å². The monoisotopic (exact) mass is 314 g/mol. The predicted molar refractivity (Wildman–Crippen MR) is 90.0 cm³/mol. The number of hydrogen-bond acceptors (Lipinski definition) is 3. The third-order valence-corrected chi connectivity index (χ3v) is 4.65. The van der Waals surface area contributed by atoms with E-state index < -0.39 is 0 Å². The lowest BCUT2D eigenvalue weighted by molar-refractivity contribution is -0.438. The van der Waals surface area contributed by atoms with Crippen LogP contribution in [-0.2, 0) is 11.3 Å². The second kappa shape index (κ2) is 5.93. The summed E-state index contributed by atoms with van der Waals surface area (Å²) in [5, 5.41) is 5.45. The van der Waals surface area contributed by atoms with Crippen molar-refractivity contribution in [3.05, 3.63) is 51.2 Å². The fourth-order valence-electron chi connectivity index (χ4n) is 2.81. The first kappa shape index (κ1) is 14.8. The van der Waals surface area contributed by atoms with Gasteiger partial charge in [0.2, 0.25) is 0 Å². The van der Waals surface area contributed by atoms with Crippen LogP contribution < -0.4 is 10.3 Å². The minimum Gasteiger partial charge on any atom is -0.266 e. The number of amides is 1. The average molecular weight is 314 g/mol. The molecule has 0 unspecified atom stereocenters. The number of benzene rings is 1. The SMILES string of the molecule is Cc1cc(C)c(NC2=[NH+]CC(=O)N2Cc2cccs2)c(C)c1. The Kier molecular flexibility index (Phi) is 3.98. The van der Waals surface area contributed by atoms with Gasteiger partial charge in [-0.05, 0) is 43.3 Å². The molecule has 0 spiro atoms. The van der Waals surface area contributed by atoms with Gasteiger partial charge in [-0.1, -0.05) is 23.8 Å². The third kappa shape index (κ3) is 2.90. The standard InChI is InChI=1S/C17H19N3OS/c1-11-7-12(2)16(13(3)8-11)19-17-18-9-15(21)20(17)10-14-5-4-6-22-14/h4-8H,9-10H2,1-3H3,(H,18,19)/p+1. The summed E-state index contributed by atoms with van der Waals surface area (Å²) in [6.07, 6.45) is 0. The van der Waals surface area contributed by atoms with Crippen LogP contribution >= 0.6 is 11.3 Å². The van der Waals surface area contributed by atoms with E-state index in [2.05, 4.69) is 49.3 Å². The minimum absolute atomic E-state index is 0.0957. The fourth-order valence-corrected chi connectivity index (χ4v) is 3.50. The van der Waals surface area contributed by atoms with Gasteiger partial charge < -0.3 is 0 Å². The number of rotatable bonds is 3. The second-order valence-electron chi connectivity index (χ2n) is 5.66. The number of nitrogens with zero attached hydrogens (tertiary/aromatic N) is 1. The van der Waals surface area contributed by atoms with E-state index in [1.807, 2.05) is 11.4 Å². The van der Waals surface area contributed by atoms with Crippen LogP contribution in [0.4, 0.5) is 5.69 Å². The lowest BCUT2D eigenvalue weighted by Crippen LogP contribution is -2.72. The zero-order valence-electron chi connectivity index (χ0n) is 13.1. The fraction of sp³-hybridized carbons (Fsp3) is 0.294. The number of thiophene rings is 1. The van der Waals surface area contributed by atoms with Gasteiger partial charge in [0, 0.05) is 4.88 Å². The number of anilines is 1. The van der Waals surface area contributed by atoms with E-state index in [1.165, 1.54) is 21.6 Å². The molecule has 1 aliphatic heterocycles. The Morgan fingerprint density at radius 1 is 1.27 bits per heavy atom. The first-order valence-electron chi connectivity index (χ1n) is 7.33. The third-order valence-electron chi connectivity index (χ3n) is 3.79. The van der Waals surface area contributed by atoms with Crippen molar-refractivity contribution in [3.63, 3.8) is 0 Å². The van der Waals surface area contributed by atoms with Crippen molar-refractivity contribution in [1.82, 2.24) is 4.90 Å². The molecule has 0 fully saturated rings. The van der Waals surface area contributed by atoms with Crippen LogP contribution in [0.5, 0.6) is 0 Å². The Morgan fingerprint density at radius 3 is 2.64 bits per heavy atom.